The van der Waals surface area contributed by atoms with E-state index in [2.05, 4.69) is 4.98 Å². The van der Waals surface area contributed by atoms with Gasteiger partial charge in [0.05, 0.1) is 11.6 Å². The van der Waals surface area contributed by atoms with Crippen LogP contribution in [-0.4, -0.2) is 16.6 Å². The Morgan fingerprint density at radius 2 is 2.60 bits per heavy atom. The van der Waals surface area contributed by atoms with Crippen LogP contribution >= 0.6 is 11.6 Å². The molecule has 0 atom stereocenters. The smallest absolute Gasteiger partial charge is 0.214 e. The van der Waals surface area contributed by atoms with E-state index in [1.165, 1.54) is 6.39 Å². The van der Waals surface area contributed by atoms with Crippen molar-refractivity contribution in [2.45, 2.75) is 6.92 Å². The Labute approximate surface area is 63.0 Å². The van der Waals surface area contributed by atoms with Gasteiger partial charge >= 0.3 is 0 Å². The van der Waals surface area contributed by atoms with E-state index in [1.54, 1.807) is 6.92 Å². The molecule has 3 nitrogen and oxygen atoms in total. The molecule has 0 aliphatic heterocycles. The Morgan fingerprint density at radius 3 is 3.00 bits per heavy atom. The Balaban J connectivity index is 2.93. The first-order chi connectivity index (χ1) is 4.75. The van der Waals surface area contributed by atoms with Crippen LogP contribution in [0.1, 0.15) is 16.2 Å². The van der Waals surface area contributed by atoms with Gasteiger partial charge in [-0.2, -0.15) is 0 Å². The van der Waals surface area contributed by atoms with Gasteiger partial charge in [-0.05, 0) is 6.92 Å². The molecule has 54 valence electrons. The minimum absolute atomic E-state index is 0.0595. The number of hydrogen-bond donors (Lipinski definition) is 0. The number of hydrogen-bond acceptors (Lipinski definition) is 3. The van der Waals surface area contributed by atoms with Gasteiger partial charge in [-0.1, -0.05) is 0 Å². The van der Waals surface area contributed by atoms with E-state index >= 15 is 0 Å². The van der Waals surface area contributed by atoms with Gasteiger partial charge in [-0.3, -0.25) is 4.79 Å². The van der Waals surface area contributed by atoms with Crippen molar-refractivity contribution >= 4 is 17.4 Å². The number of aromatic nitrogens is 1. The maximum Gasteiger partial charge on any atom is 0.214 e. The quantitative estimate of drug-likeness (QED) is 0.484. The monoisotopic (exact) mass is 159 g/mol. The third kappa shape index (κ3) is 1.19. The maximum atomic E-state index is 10.8. The highest BCUT2D eigenvalue weighted by Gasteiger charge is 2.11. The Kier molecular flexibility index (Phi) is 2.06. The molecule has 0 aliphatic carbocycles. The number of ketones is 1. The molecular weight excluding hydrogens is 154 g/mol. The topological polar surface area (TPSA) is 43.1 Å². The van der Waals surface area contributed by atoms with Gasteiger partial charge < -0.3 is 4.42 Å². The van der Waals surface area contributed by atoms with Crippen LogP contribution in [0.25, 0.3) is 0 Å². The van der Waals surface area contributed by atoms with Gasteiger partial charge in [0, 0.05) is 0 Å². The number of Topliss-reactive ketones (excluding diaryl/α,β-unsaturated/α-hetero) is 1. The van der Waals surface area contributed by atoms with Crippen molar-refractivity contribution in [1.82, 2.24) is 4.98 Å². The van der Waals surface area contributed by atoms with Crippen LogP contribution < -0.4 is 0 Å². The molecule has 0 aliphatic rings. The zero-order valence-electron chi connectivity index (χ0n) is 5.43. The molecule has 0 saturated carbocycles. The fourth-order valence-corrected chi connectivity index (χ4v) is 0.752. The predicted molar refractivity (Wildman–Crippen MR) is 36.3 cm³/mol. The summed E-state index contributed by atoms with van der Waals surface area (Å²) >= 11 is 5.28. The van der Waals surface area contributed by atoms with Crippen LogP contribution in [0.15, 0.2) is 10.8 Å². The van der Waals surface area contributed by atoms with E-state index < -0.39 is 0 Å². The summed E-state index contributed by atoms with van der Waals surface area (Å²) < 4.78 is 4.77. The molecule has 4 heteroatoms. The summed E-state index contributed by atoms with van der Waals surface area (Å²) in [6, 6.07) is 0. The number of nitrogens with zero attached hydrogens (tertiary/aromatic N) is 1. The van der Waals surface area contributed by atoms with Crippen molar-refractivity contribution in [3.8, 4) is 0 Å². The van der Waals surface area contributed by atoms with Crippen LogP contribution in [0, 0.1) is 6.92 Å². The first kappa shape index (κ1) is 7.28. The highest BCUT2D eigenvalue weighted by atomic mass is 35.5. The number of alkyl halides is 1. The summed E-state index contributed by atoms with van der Waals surface area (Å²) in [5.74, 6) is -0.0255. The number of halogens is 1. The molecule has 0 radical (unpaired) electrons. The standard InChI is InChI=1S/C6H6ClNO2/c1-4-6(5(9)2-7)10-3-8-4/h3H,2H2,1H3. The summed E-state index contributed by atoms with van der Waals surface area (Å²) in [4.78, 5) is 14.6. The molecule has 0 spiro atoms. The molecule has 0 bridgehead atoms. The van der Waals surface area contributed by atoms with Crippen molar-refractivity contribution in [2.24, 2.45) is 0 Å². The van der Waals surface area contributed by atoms with Gasteiger partial charge in [0.25, 0.3) is 0 Å². The average molecular weight is 160 g/mol. The molecule has 0 amide bonds. The second-order valence-corrected chi connectivity index (χ2v) is 2.09. The highest BCUT2D eigenvalue weighted by molar-refractivity contribution is 6.30. The minimum atomic E-state index is -0.225. The summed E-state index contributed by atoms with van der Waals surface area (Å²) in [5.41, 5.74) is 0.589. The first-order valence-corrected chi connectivity index (χ1v) is 3.28. The van der Waals surface area contributed by atoms with Crippen LogP contribution in [0.3, 0.4) is 0 Å². The number of aryl methyl sites for hydroxylation is 1. The molecule has 0 saturated heterocycles. The minimum Gasteiger partial charge on any atom is -0.440 e. The van der Waals surface area contributed by atoms with Crippen LogP contribution in [0.5, 0.6) is 0 Å². The van der Waals surface area contributed by atoms with Crippen LogP contribution in [-0.2, 0) is 0 Å². The van der Waals surface area contributed by atoms with Gasteiger partial charge in [0.1, 0.15) is 0 Å². The number of carbonyl (C=O) groups excluding carboxylic acids is 1. The number of carbonyl (C=O) groups is 1. The second-order valence-electron chi connectivity index (χ2n) is 1.82. The molecule has 0 unspecified atom stereocenters. The van der Waals surface area contributed by atoms with Crippen molar-refractivity contribution < 1.29 is 9.21 Å². The second kappa shape index (κ2) is 2.84. The van der Waals surface area contributed by atoms with E-state index in [4.69, 9.17) is 16.0 Å². The Bertz CT molecular complexity index is 244. The summed E-state index contributed by atoms with van der Waals surface area (Å²) in [6.45, 7) is 1.70. The summed E-state index contributed by atoms with van der Waals surface area (Å²) in [7, 11) is 0. The Morgan fingerprint density at radius 1 is 1.90 bits per heavy atom. The van der Waals surface area contributed by atoms with E-state index in [1.807, 2.05) is 0 Å². The van der Waals surface area contributed by atoms with Crippen molar-refractivity contribution in [2.75, 3.05) is 5.88 Å². The van der Waals surface area contributed by atoms with E-state index in [-0.39, 0.29) is 17.4 Å². The van der Waals surface area contributed by atoms with Gasteiger partial charge in [0.15, 0.2) is 12.2 Å². The predicted octanol–water partition coefficient (Wildman–Crippen LogP) is 1.40. The summed E-state index contributed by atoms with van der Waals surface area (Å²) in [5, 5.41) is 0. The van der Waals surface area contributed by atoms with Crippen molar-refractivity contribution in [3.63, 3.8) is 0 Å². The SMILES string of the molecule is Cc1ncoc1C(=O)CCl. The molecule has 1 rings (SSSR count). The highest BCUT2D eigenvalue weighted by Crippen LogP contribution is 2.06. The normalized spacial score (nSPS) is 9.80. The molecule has 0 aromatic carbocycles. The van der Waals surface area contributed by atoms with Gasteiger partial charge in [-0.25, -0.2) is 4.98 Å². The number of rotatable bonds is 2. The molecular formula is C6H6ClNO2. The van der Waals surface area contributed by atoms with Crippen LogP contribution in [0.4, 0.5) is 0 Å². The van der Waals surface area contributed by atoms with Gasteiger partial charge in [0.2, 0.25) is 5.78 Å². The molecule has 1 aromatic rings. The van der Waals surface area contributed by atoms with E-state index in [0.29, 0.717) is 5.69 Å². The lowest BCUT2D eigenvalue weighted by Crippen LogP contribution is -1.99. The third-order valence-electron chi connectivity index (χ3n) is 1.12. The zero-order chi connectivity index (χ0) is 7.56. The number of oxazole rings is 1. The Hall–Kier alpha value is -0.830. The lowest BCUT2D eigenvalue weighted by Gasteiger charge is -1.88. The maximum absolute atomic E-state index is 10.8. The molecule has 0 N–H and O–H groups in total. The summed E-state index contributed by atoms with van der Waals surface area (Å²) in [6.07, 6.45) is 1.23. The zero-order valence-corrected chi connectivity index (χ0v) is 6.18. The van der Waals surface area contributed by atoms with E-state index in [0.717, 1.165) is 0 Å². The van der Waals surface area contributed by atoms with E-state index in [9.17, 15) is 4.79 Å². The lowest BCUT2D eigenvalue weighted by atomic mass is 10.3. The molecule has 10 heavy (non-hydrogen) atoms. The fourth-order valence-electron chi connectivity index (χ4n) is 0.630. The lowest BCUT2D eigenvalue weighted by molar-refractivity contribution is 0.0990. The fraction of sp³-hybridized carbons (Fsp3) is 0.333. The molecule has 1 heterocycles. The van der Waals surface area contributed by atoms with Gasteiger partial charge in [-0.15, -0.1) is 11.6 Å². The first-order valence-electron chi connectivity index (χ1n) is 2.75. The molecule has 0 fully saturated rings. The molecule has 1 aromatic heterocycles. The average Bonchev–Trinajstić information content (AvgIpc) is 2.34. The largest absolute Gasteiger partial charge is 0.440 e. The van der Waals surface area contributed by atoms with Crippen molar-refractivity contribution in [3.05, 3.63) is 17.8 Å². The van der Waals surface area contributed by atoms with Crippen LogP contribution in [0.2, 0.25) is 0 Å². The van der Waals surface area contributed by atoms with Crippen molar-refractivity contribution in [1.29, 1.82) is 0 Å². The third-order valence-corrected chi connectivity index (χ3v) is 1.36.